The molecule has 2 aromatic heterocycles. The number of anilines is 1. The number of thiazole rings is 1. The second-order valence-corrected chi connectivity index (χ2v) is 7.31. The van der Waals surface area contributed by atoms with Gasteiger partial charge in [0.2, 0.25) is 5.43 Å². The first-order valence-corrected chi connectivity index (χ1v) is 8.55. The van der Waals surface area contributed by atoms with Crippen molar-refractivity contribution >= 4 is 26.5 Å². The maximum atomic E-state index is 12.2. The zero-order valence-electron chi connectivity index (χ0n) is 10.5. The van der Waals surface area contributed by atoms with Crippen molar-refractivity contribution in [3.05, 3.63) is 39.3 Å². The third-order valence-electron chi connectivity index (χ3n) is 3.15. The maximum Gasteiger partial charge on any atom is 0.269 e. The summed E-state index contributed by atoms with van der Waals surface area (Å²) in [6.45, 7) is 0. The Balaban J connectivity index is 1.92. The van der Waals surface area contributed by atoms with Gasteiger partial charge in [-0.25, -0.2) is 13.4 Å². The Morgan fingerprint density at radius 1 is 1.30 bits per heavy atom. The quantitative estimate of drug-likeness (QED) is 0.898. The molecule has 0 atom stereocenters. The third-order valence-corrected chi connectivity index (χ3v) is 5.71. The highest BCUT2D eigenvalue weighted by Crippen LogP contribution is 2.30. The molecule has 8 heteroatoms. The highest BCUT2D eigenvalue weighted by Gasteiger charge is 2.21. The van der Waals surface area contributed by atoms with Gasteiger partial charge in [-0.15, -0.1) is 11.3 Å². The molecule has 6 nitrogen and oxygen atoms in total. The molecule has 0 fully saturated rings. The van der Waals surface area contributed by atoms with Gasteiger partial charge in [-0.2, -0.15) is 0 Å². The molecule has 3 rings (SSSR count). The number of pyridine rings is 1. The number of nitrogens with zero attached hydrogens (tertiary/aromatic N) is 1. The average Bonchev–Trinajstić information content (AvgIpc) is 2.80. The van der Waals surface area contributed by atoms with Gasteiger partial charge in [0, 0.05) is 23.3 Å². The predicted molar refractivity (Wildman–Crippen MR) is 76.6 cm³/mol. The topological polar surface area (TPSA) is 91.9 Å². The molecule has 0 unspecified atom stereocenters. The fourth-order valence-electron chi connectivity index (χ4n) is 2.18. The van der Waals surface area contributed by atoms with Gasteiger partial charge in [0.25, 0.3) is 10.0 Å². The van der Waals surface area contributed by atoms with Crippen molar-refractivity contribution in [1.29, 1.82) is 0 Å². The number of rotatable bonds is 3. The predicted octanol–water partition coefficient (Wildman–Crippen LogP) is 1.51. The summed E-state index contributed by atoms with van der Waals surface area (Å²) in [6, 6.07) is 1.18. The van der Waals surface area contributed by atoms with Crippen molar-refractivity contribution in [1.82, 2.24) is 9.97 Å². The molecule has 2 heterocycles. The summed E-state index contributed by atoms with van der Waals surface area (Å²) in [5.74, 6) is 0. The fraction of sp³-hybridized carbons (Fsp3) is 0.333. The molecule has 1 aliphatic carbocycles. The summed E-state index contributed by atoms with van der Waals surface area (Å²) in [7, 11) is -3.89. The molecule has 2 N–H and O–H groups in total. The van der Waals surface area contributed by atoms with E-state index in [1.807, 2.05) is 0 Å². The van der Waals surface area contributed by atoms with E-state index >= 15 is 0 Å². The Bertz CT molecular complexity index is 769. The van der Waals surface area contributed by atoms with E-state index < -0.39 is 15.5 Å². The molecule has 0 radical (unpaired) electrons. The van der Waals surface area contributed by atoms with Crippen LogP contribution in [0.1, 0.15) is 23.4 Å². The van der Waals surface area contributed by atoms with Gasteiger partial charge in [0.05, 0.1) is 5.69 Å². The molecule has 0 aromatic carbocycles. The highest BCUT2D eigenvalue weighted by atomic mass is 32.2. The summed E-state index contributed by atoms with van der Waals surface area (Å²) in [5, 5.41) is 0.333. The number of fused-ring (bicyclic) bond motifs is 1. The summed E-state index contributed by atoms with van der Waals surface area (Å²) >= 11 is 1.35. The standard InChI is InChI=1S/C12H13N3O3S2/c16-9-5-6-13-7-11(9)20(17,18)15-12-14-8-3-1-2-4-10(8)19-12/h5-7H,1-4H2,(H,13,16)(H,14,15). The lowest BCUT2D eigenvalue weighted by molar-refractivity contribution is 0.600. The Morgan fingerprint density at radius 2 is 2.10 bits per heavy atom. The molecule has 106 valence electrons. The van der Waals surface area contributed by atoms with Crippen LogP contribution in [0.2, 0.25) is 0 Å². The van der Waals surface area contributed by atoms with Gasteiger partial charge in [-0.3, -0.25) is 9.52 Å². The van der Waals surface area contributed by atoms with E-state index in [2.05, 4.69) is 14.7 Å². The minimum atomic E-state index is -3.89. The molecule has 0 spiro atoms. The van der Waals surface area contributed by atoms with Crippen LogP contribution in [0.3, 0.4) is 0 Å². The number of hydrogen-bond acceptors (Lipinski definition) is 5. The van der Waals surface area contributed by atoms with E-state index in [0.717, 1.165) is 36.3 Å². The smallest absolute Gasteiger partial charge is 0.269 e. The lowest BCUT2D eigenvalue weighted by Gasteiger charge is -2.06. The van der Waals surface area contributed by atoms with E-state index in [1.54, 1.807) is 0 Å². The van der Waals surface area contributed by atoms with Crippen molar-refractivity contribution in [3.63, 3.8) is 0 Å². The van der Waals surface area contributed by atoms with Gasteiger partial charge in [-0.1, -0.05) is 0 Å². The number of nitrogens with one attached hydrogen (secondary N) is 2. The van der Waals surface area contributed by atoms with Gasteiger partial charge >= 0.3 is 0 Å². The van der Waals surface area contributed by atoms with Gasteiger partial charge < -0.3 is 4.98 Å². The second-order valence-electron chi connectivity index (χ2n) is 4.57. The summed E-state index contributed by atoms with van der Waals surface area (Å²) < 4.78 is 26.7. The molecule has 0 bridgehead atoms. The van der Waals surface area contributed by atoms with Crippen LogP contribution in [0.15, 0.2) is 28.2 Å². The van der Waals surface area contributed by atoms with E-state index in [4.69, 9.17) is 0 Å². The van der Waals surface area contributed by atoms with E-state index in [0.29, 0.717) is 5.13 Å². The van der Waals surface area contributed by atoms with Crippen molar-refractivity contribution in [2.45, 2.75) is 30.6 Å². The van der Waals surface area contributed by atoms with Crippen LogP contribution < -0.4 is 10.2 Å². The minimum absolute atomic E-state index is 0.298. The maximum absolute atomic E-state index is 12.2. The van der Waals surface area contributed by atoms with Crippen LogP contribution in [0.5, 0.6) is 0 Å². The molecule has 1 aliphatic rings. The Morgan fingerprint density at radius 3 is 2.85 bits per heavy atom. The first-order chi connectivity index (χ1) is 9.56. The van der Waals surface area contributed by atoms with Crippen LogP contribution in [0.25, 0.3) is 0 Å². The first kappa shape index (κ1) is 13.3. The van der Waals surface area contributed by atoms with Crippen molar-refractivity contribution in [3.8, 4) is 0 Å². The normalized spacial score (nSPS) is 14.8. The molecule has 0 saturated heterocycles. The Hall–Kier alpha value is -1.67. The largest absolute Gasteiger partial charge is 0.366 e. The number of aryl methyl sites for hydroxylation is 2. The van der Waals surface area contributed by atoms with E-state index in [9.17, 15) is 13.2 Å². The number of sulfonamides is 1. The summed E-state index contributed by atoms with van der Waals surface area (Å²) in [4.78, 5) is 19.3. The Kier molecular flexibility index (Phi) is 3.35. The minimum Gasteiger partial charge on any atom is -0.366 e. The molecular weight excluding hydrogens is 298 g/mol. The lowest BCUT2D eigenvalue weighted by Crippen LogP contribution is -2.20. The fourth-order valence-corrected chi connectivity index (χ4v) is 4.51. The number of aromatic amines is 1. The monoisotopic (exact) mass is 311 g/mol. The third kappa shape index (κ3) is 2.48. The zero-order chi connectivity index (χ0) is 14.2. The summed E-state index contributed by atoms with van der Waals surface area (Å²) in [5.41, 5.74) is 0.429. The highest BCUT2D eigenvalue weighted by molar-refractivity contribution is 7.93. The second kappa shape index (κ2) is 5.02. The van der Waals surface area contributed by atoms with Crippen LogP contribution in [-0.4, -0.2) is 18.4 Å². The zero-order valence-corrected chi connectivity index (χ0v) is 12.2. The van der Waals surface area contributed by atoms with E-state index in [-0.39, 0.29) is 4.90 Å². The molecule has 2 aromatic rings. The molecule has 20 heavy (non-hydrogen) atoms. The van der Waals surface area contributed by atoms with E-state index in [1.165, 1.54) is 29.8 Å². The van der Waals surface area contributed by atoms with Crippen LogP contribution >= 0.6 is 11.3 Å². The summed E-state index contributed by atoms with van der Waals surface area (Å²) in [6.07, 6.45) is 6.60. The van der Waals surface area contributed by atoms with Crippen LogP contribution in [-0.2, 0) is 22.9 Å². The van der Waals surface area contributed by atoms with Crippen LogP contribution in [0.4, 0.5) is 5.13 Å². The van der Waals surface area contributed by atoms with Crippen LogP contribution in [0, 0.1) is 0 Å². The van der Waals surface area contributed by atoms with Gasteiger partial charge in [0.15, 0.2) is 10.0 Å². The first-order valence-electron chi connectivity index (χ1n) is 6.25. The number of aromatic nitrogens is 2. The van der Waals surface area contributed by atoms with Crippen molar-refractivity contribution in [2.75, 3.05) is 4.72 Å². The molecule has 0 aliphatic heterocycles. The molecular formula is C12H13N3O3S2. The van der Waals surface area contributed by atoms with Crippen molar-refractivity contribution in [2.24, 2.45) is 0 Å². The lowest BCUT2D eigenvalue weighted by atomic mass is 10.0. The van der Waals surface area contributed by atoms with Crippen molar-refractivity contribution < 1.29 is 8.42 Å². The number of hydrogen-bond donors (Lipinski definition) is 2. The number of H-pyrrole nitrogens is 1. The SMILES string of the molecule is O=c1cc[nH]cc1S(=O)(=O)Nc1nc2c(s1)CCCC2. The van der Waals surface area contributed by atoms with Gasteiger partial charge in [-0.05, 0) is 25.7 Å². The average molecular weight is 311 g/mol. The van der Waals surface area contributed by atoms with Gasteiger partial charge in [0.1, 0.15) is 0 Å². The Labute approximate surface area is 119 Å². The molecule has 0 amide bonds. The molecule has 0 saturated carbocycles.